The van der Waals surface area contributed by atoms with Crippen molar-refractivity contribution in [3.8, 4) is 5.75 Å². The predicted molar refractivity (Wildman–Crippen MR) is 226 cm³/mol. The standard InChI is InChI=1S/C47H64N2O13/c1-30(2)39(50)57-19-11-17-48-42(53)61-34(25-59-33-13-9-8-10-14-33)24-56-29-45-27-47(45)37-15-16-44(7,21-36(37)38-22-46(38,45)47)28-55-23-35(26-60-41(52)32(5)6)62-43(54)49-18-12-20-58-40(51)31(3)4/h8-10,13-14,34-38H,1,3,5,11-12,15-29H2,2,4,6-7H3,(H,48,53)(H,49,54). The molecule has 5 aliphatic rings. The Balaban J connectivity index is 0.944. The maximum Gasteiger partial charge on any atom is 0.407 e. The van der Waals surface area contributed by atoms with Crippen LogP contribution in [-0.4, -0.2) is 108 Å². The second-order valence-electron chi connectivity index (χ2n) is 18.3. The third-order valence-electron chi connectivity index (χ3n) is 13.6. The van der Waals surface area contributed by atoms with Gasteiger partial charge in [0, 0.05) is 35.2 Å². The lowest BCUT2D eigenvalue weighted by Crippen LogP contribution is -2.39. The summed E-state index contributed by atoms with van der Waals surface area (Å²) in [5.41, 5.74) is 1.71. The number of carbonyl (C=O) groups excluding carboxylic acids is 5. The first-order chi connectivity index (χ1) is 29.6. The van der Waals surface area contributed by atoms with E-state index in [-0.39, 0.29) is 69.1 Å². The molecule has 0 saturated heterocycles. The quantitative estimate of drug-likeness (QED) is 0.0461. The summed E-state index contributed by atoms with van der Waals surface area (Å²) < 4.78 is 45.4. The van der Waals surface area contributed by atoms with E-state index in [4.69, 9.17) is 37.9 Å². The lowest BCUT2D eigenvalue weighted by Gasteiger charge is -2.43. The molecule has 9 unspecified atom stereocenters. The first kappa shape index (κ1) is 46.6. The van der Waals surface area contributed by atoms with Gasteiger partial charge in [-0.15, -0.1) is 0 Å². The highest BCUT2D eigenvalue weighted by molar-refractivity contribution is 5.87. The summed E-state index contributed by atoms with van der Waals surface area (Å²) >= 11 is 0. The van der Waals surface area contributed by atoms with Crippen molar-refractivity contribution in [2.75, 3.05) is 65.9 Å². The van der Waals surface area contributed by atoms with E-state index in [1.54, 1.807) is 20.8 Å². The van der Waals surface area contributed by atoms with E-state index >= 15 is 0 Å². The number of nitrogens with one attached hydrogen (secondary N) is 2. The average Bonchev–Trinajstić information content (AvgIpc) is 4.18. The Morgan fingerprint density at radius 1 is 0.694 bits per heavy atom. The third kappa shape index (κ3) is 10.1. The van der Waals surface area contributed by atoms with E-state index in [1.165, 1.54) is 12.8 Å². The zero-order valence-corrected chi connectivity index (χ0v) is 36.7. The number of hydrogen-bond donors (Lipinski definition) is 2. The Labute approximate surface area is 364 Å². The maximum absolute atomic E-state index is 12.7. The van der Waals surface area contributed by atoms with E-state index < -0.39 is 42.3 Å². The van der Waals surface area contributed by atoms with Crippen molar-refractivity contribution < 1.29 is 61.9 Å². The van der Waals surface area contributed by atoms with Crippen LogP contribution in [-0.2, 0) is 47.5 Å². The van der Waals surface area contributed by atoms with Crippen molar-refractivity contribution in [1.29, 1.82) is 0 Å². The summed E-state index contributed by atoms with van der Waals surface area (Å²) in [5, 5.41) is 5.37. The molecule has 340 valence electrons. The molecule has 0 bridgehead atoms. The van der Waals surface area contributed by atoms with Crippen molar-refractivity contribution in [2.45, 2.75) is 84.8 Å². The van der Waals surface area contributed by atoms with Gasteiger partial charge in [-0.25, -0.2) is 24.0 Å². The Hall–Kier alpha value is -4.89. The van der Waals surface area contributed by atoms with Crippen LogP contribution >= 0.6 is 0 Å². The zero-order valence-electron chi connectivity index (χ0n) is 36.7. The Bertz CT molecular complexity index is 1870. The molecular weight excluding hydrogens is 801 g/mol. The molecule has 2 spiro atoms. The second-order valence-corrected chi connectivity index (χ2v) is 18.3. The molecule has 5 saturated carbocycles. The Morgan fingerprint density at radius 3 is 1.82 bits per heavy atom. The molecule has 5 fully saturated rings. The molecule has 0 heterocycles. The Kier molecular flexibility index (Phi) is 14.8. The van der Waals surface area contributed by atoms with E-state index in [9.17, 15) is 24.0 Å². The molecule has 2 N–H and O–H groups in total. The normalized spacial score (nSPS) is 28.7. The minimum Gasteiger partial charge on any atom is -0.490 e. The molecule has 62 heavy (non-hydrogen) atoms. The summed E-state index contributed by atoms with van der Waals surface area (Å²) in [7, 11) is 0. The second kappa shape index (κ2) is 19.7. The number of rotatable bonds is 26. The van der Waals surface area contributed by atoms with Crippen LogP contribution in [0, 0.1) is 39.4 Å². The molecule has 6 rings (SSSR count). The average molecular weight is 865 g/mol. The number of fused-ring (bicyclic) bond motifs is 2. The van der Waals surface area contributed by atoms with Crippen LogP contribution in [0.4, 0.5) is 9.59 Å². The van der Waals surface area contributed by atoms with Crippen LogP contribution in [0.25, 0.3) is 0 Å². The van der Waals surface area contributed by atoms with Crippen molar-refractivity contribution in [3.63, 3.8) is 0 Å². The van der Waals surface area contributed by atoms with E-state index in [1.807, 2.05) is 30.3 Å². The molecule has 1 aromatic rings. The SMILES string of the molecule is C=C(C)C(=O)OCCCNC(=O)OC(COCC1(C)CCC2C(C1)C1CC13C1(COCC(COc4ccccc4)OC(=O)NCCCOC(=O)C(=C)C)CC213)COC(=O)C(=C)C. The fraction of sp³-hybridized carbons (Fsp3) is 0.638. The number of carbonyl (C=O) groups is 5. The van der Waals surface area contributed by atoms with Crippen LogP contribution in [0.1, 0.15) is 72.6 Å². The van der Waals surface area contributed by atoms with Gasteiger partial charge in [-0.2, -0.15) is 0 Å². The molecule has 2 amide bonds. The highest BCUT2D eigenvalue weighted by Gasteiger charge is 3.10. The molecule has 5 aliphatic carbocycles. The number of benzene rings is 1. The summed E-state index contributed by atoms with van der Waals surface area (Å²) in [6, 6.07) is 9.37. The van der Waals surface area contributed by atoms with E-state index in [0.717, 1.165) is 19.3 Å². The van der Waals surface area contributed by atoms with Crippen molar-refractivity contribution in [1.82, 2.24) is 10.6 Å². The first-order valence-electron chi connectivity index (χ1n) is 21.8. The van der Waals surface area contributed by atoms with Gasteiger partial charge in [0.1, 0.15) is 19.0 Å². The van der Waals surface area contributed by atoms with Crippen LogP contribution < -0.4 is 15.4 Å². The number of amides is 2. The molecule has 0 aromatic heterocycles. The first-order valence-corrected chi connectivity index (χ1v) is 21.8. The fourth-order valence-corrected chi connectivity index (χ4v) is 10.8. The van der Waals surface area contributed by atoms with Crippen molar-refractivity contribution >= 4 is 30.1 Å². The molecule has 9 atom stereocenters. The smallest absolute Gasteiger partial charge is 0.407 e. The molecular formula is C47H64N2O13. The molecule has 0 radical (unpaired) electrons. The third-order valence-corrected chi connectivity index (χ3v) is 13.6. The van der Waals surface area contributed by atoms with Crippen LogP contribution in [0.2, 0.25) is 0 Å². The summed E-state index contributed by atoms with van der Waals surface area (Å²) in [6.07, 6.45) is 3.69. The van der Waals surface area contributed by atoms with E-state index in [2.05, 4.69) is 37.3 Å². The molecule has 1 aromatic carbocycles. The maximum atomic E-state index is 12.7. The molecule has 15 heteroatoms. The predicted octanol–water partition coefficient (Wildman–Crippen LogP) is 6.26. The van der Waals surface area contributed by atoms with Gasteiger partial charge in [-0.05, 0) is 112 Å². The van der Waals surface area contributed by atoms with Gasteiger partial charge in [-0.1, -0.05) is 44.9 Å². The van der Waals surface area contributed by atoms with Crippen molar-refractivity contribution in [3.05, 3.63) is 66.8 Å². The van der Waals surface area contributed by atoms with Gasteiger partial charge in [-0.3, -0.25) is 0 Å². The van der Waals surface area contributed by atoms with Crippen LogP contribution in [0.5, 0.6) is 5.75 Å². The zero-order chi connectivity index (χ0) is 44.7. The van der Waals surface area contributed by atoms with Gasteiger partial charge in [0.2, 0.25) is 0 Å². The minimum absolute atomic E-state index is 0.0478. The van der Waals surface area contributed by atoms with Gasteiger partial charge in [0.15, 0.2) is 12.2 Å². The number of esters is 3. The lowest BCUT2D eigenvalue weighted by molar-refractivity contribution is -0.144. The largest absolute Gasteiger partial charge is 0.490 e. The number of para-hydroxylation sites is 1. The number of ether oxygens (including phenoxy) is 8. The van der Waals surface area contributed by atoms with Crippen molar-refractivity contribution in [2.24, 2.45) is 39.4 Å². The highest BCUT2D eigenvalue weighted by Crippen LogP contribution is 3.13. The lowest BCUT2D eigenvalue weighted by atomic mass is 9.64. The minimum atomic E-state index is -0.828. The van der Waals surface area contributed by atoms with Gasteiger partial charge in [0.25, 0.3) is 0 Å². The monoisotopic (exact) mass is 864 g/mol. The topological polar surface area (TPSA) is 183 Å². The molecule has 15 nitrogen and oxygen atoms in total. The summed E-state index contributed by atoms with van der Waals surface area (Å²) in [4.78, 5) is 60.7. The van der Waals surface area contributed by atoms with Crippen LogP contribution in [0.15, 0.2) is 66.8 Å². The fourth-order valence-electron chi connectivity index (χ4n) is 10.8. The summed E-state index contributed by atoms with van der Waals surface area (Å²) in [5.74, 6) is 1.09. The summed E-state index contributed by atoms with van der Waals surface area (Å²) in [6.45, 7) is 19.8. The number of hydrogen-bond acceptors (Lipinski definition) is 13. The van der Waals surface area contributed by atoms with Crippen LogP contribution in [0.3, 0.4) is 0 Å². The van der Waals surface area contributed by atoms with E-state index in [0.29, 0.717) is 71.5 Å². The van der Waals surface area contributed by atoms with Gasteiger partial charge < -0.3 is 48.5 Å². The van der Waals surface area contributed by atoms with Gasteiger partial charge in [0.05, 0.1) is 39.6 Å². The highest BCUT2D eigenvalue weighted by atomic mass is 16.6. The molecule has 0 aliphatic heterocycles. The van der Waals surface area contributed by atoms with Gasteiger partial charge >= 0.3 is 30.1 Å². The Morgan fingerprint density at radius 2 is 1.24 bits per heavy atom. The number of alkyl carbamates (subject to hydrolysis) is 2.